The number of allylic oxidation sites excluding steroid dienone is 1. The molecule has 0 heterocycles. The van der Waals surface area contributed by atoms with E-state index in [-0.39, 0.29) is 30.0 Å². The number of esters is 1. The molecule has 34 heavy (non-hydrogen) atoms. The Morgan fingerprint density at radius 2 is 1.56 bits per heavy atom. The second-order valence-electron chi connectivity index (χ2n) is 10.2. The fraction of sp³-hybridized carbons (Fsp3) is 0.862. The van der Waals surface area contributed by atoms with Crippen LogP contribution in [0.3, 0.4) is 0 Å². The van der Waals surface area contributed by atoms with Crippen molar-refractivity contribution in [1.82, 2.24) is 0 Å². The largest absolute Gasteiger partial charge is 0.464 e. The molecule has 0 saturated heterocycles. The molecule has 0 aliphatic heterocycles. The van der Waals surface area contributed by atoms with E-state index in [1.165, 1.54) is 5.57 Å². The zero-order valence-electron chi connectivity index (χ0n) is 23.2. The van der Waals surface area contributed by atoms with Crippen molar-refractivity contribution in [3.63, 3.8) is 0 Å². The van der Waals surface area contributed by atoms with Crippen molar-refractivity contribution in [1.29, 1.82) is 0 Å². The molecule has 200 valence electrons. The molecule has 0 aliphatic carbocycles. The lowest BCUT2D eigenvalue weighted by molar-refractivity contribution is -0.155. The summed E-state index contributed by atoms with van der Waals surface area (Å²) in [5.74, 6) is 0.875. The predicted molar refractivity (Wildman–Crippen MR) is 140 cm³/mol. The number of carbonyl (C=O) groups is 2. The van der Waals surface area contributed by atoms with E-state index in [1.807, 2.05) is 13.8 Å². The lowest BCUT2D eigenvalue weighted by Crippen LogP contribution is -2.31. The second kappa shape index (κ2) is 18.9. The van der Waals surface area contributed by atoms with Gasteiger partial charge in [-0.15, -0.1) is 0 Å². The average Bonchev–Trinajstić information content (AvgIpc) is 2.82. The quantitative estimate of drug-likeness (QED) is 0.106. The lowest BCUT2D eigenvalue weighted by atomic mass is 9.71. The maximum Gasteiger partial charge on any atom is 0.308 e. The van der Waals surface area contributed by atoms with Gasteiger partial charge in [0.25, 0.3) is 6.47 Å². The van der Waals surface area contributed by atoms with Crippen LogP contribution in [0, 0.1) is 23.7 Å². The van der Waals surface area contributed by atoms with Gasteiger partial charge in [0.2, 0.25) is 0 Å². The molecule has 0 aromatic heterocycles. The second-order valence-corrected chi connectivity index (χ2v) is 10.2. The maximum atomic E-state index is 12.7. The first-order valence-electron chi connectivity index (χ1n) is 13.8. The van der Waals surface area contributed by atoms with Gasteiger partial charge >= 0.3 is 5.97 Å². The molecule has 5 nitrogen and oxygen atoms in total. The third-order valence-corrected chi connectivity index (χ3v) is 7.48. The highest BCUT2D eigenvalue weighted by atomic mass is 16.5. The fourth-order valence-electron chi connectivity index (χ4n) is 4.92. The van der Waals surface area contributed by atoms with Gasteiger partial charge in [0.15, 0.2) is 0 Å². The zero-order valence-corrected chi connectivity index (χ0v) is 23.2. The Kier molecular flexibility index (Phi) is 18.1. The molecule has 0 fully saturated rings. The molecule has 5 heteroatoms. The van der Waals surface area contributed by atoms with E-state index in [9.17, 15) is 14.7 Å². The zero-order chi connectivity index (χ0) is 26.1. The van der Waals surface area contributed by atoms with Crippen molar-refractivity contribution in [2.45, 2.75) is 137 Å². The Balaban J connectivity index is 5.68. The standard InChI is InChI=1S/C29H54O5/c1-9-14-23(8)29(32)34-26(15-10-2)19-28(22(7)12-4)27(21(6)11-3)17-16-25(33-20-30)18-24(31)13-5/h20-21,23-28,31H,7,9-19H2,1-6,8H3/t21-,23?,24-,25?,26?,27-,28?/m0/s1. The van der Waals surface area contributed by atoms with Crippen molar-refractivity contribution < 1.29 is 24.2 Å². The summed E-state index contributed by atoms with van der Waals surface area (Å²) < 4.78 is 11.4. The Morgan fingerprint density at radius 1 is 0.912 bits per heavy atom. The van der Waals surface area contributed by atoms with Gasteiger partial charge in [0.05, 0.1) is 12.0 Å². The van der Waals surface area contributed by atoms with Gasteiger partial charge in [-0.05, 0) is 62.7 Å². The maximum absolute atomic E-state index is 12.7. The molecule has 0 radical (unpaired) electrons. The molecule has 0 aromatic carbocycles. The molecule has 0 saturated carbocycles. The minimum Gasteiger partial charge on any atom is -0.464 e. The highest BCUT2D eigenvalue weighted by molar-refractivity contribution is 5.72. The minimum atomic E-state index is -0.466. The van der Waals surface area contributed by atoms with Crippen LogP contribution in [-0.2, 0) is 19.1 Å². The molecule has 7 atom stereocenters. The van der Waals surface area contributed by atoms with Gasteiger partial charge < -0.3 is 14.6 Å². The molecule has 0 bridgehead atoms. The third-order valence-electron chi connectivity index (χ3n) is 7.48. The van der Waals surface area contributed by atoms with E-state index in [0.29, 0.717) is 37.6 Å². The molecule has 0 amide bonds. The first-order valence-corrected chi connectivity index (χ1v) is 13.8. The number of aliphatic hydroxyl groups is 1. The number of ether oxygens (including phenoxy) is 2. The number of hydrogen-bond acceptors (Lipinski definition) is 5. The van der Waals surface area contributed by atoms with Crippen LogP contribution >= 0.6 is 0 Å². The SMILES string of the molecule is C=C(CC)C(CC(CCC)OC(=O)C(C)CCC)[C@@H](CCC(C[C@@H](O)CC)OC=O)[C@@H](C)CC. The van der Waals surface area contributed by atoms with Crippen LogP contribution < -0.4 is 0 Å². The smallest absolute Gasteiger partial charge is 0.308 e. The third kappa shape index (κ3) is 12.4. The molecular weight excluding hydrogens is 428 g/mol. The molecule has 0 aromatic rings. The number of carbonyl (C=O) groups excluding carboxylic acids is 2. The van der Waals surface area contributed by atoms with Crippen molar-refractivity contribution in [3.8, 4) is 0 Å². The highest BCUT2D eigenvalue weighted by Gasteiger charge is 2.32. The summed E-state index contributed by atoms with van der Waals surface area (Å²) in [4.78, 5) is 23.8. The monoisotopic (exact) mass is 482 g/mol. The summed E-state index contributed by atoms with van der Waals surface area (Å²) in [6.45, 7) is 19.7. The number of hydrogen-bond donors (Lipinski definition) is 1. The van der Waals surface area contributed by atoms with E-state index in [4.69, 9.17) is 9.47 Å². The van der Waals surface area contributed by atoms with Crippen LogP contribution in [0.2, 0.25) is 0 Å². The van der Waals surface area contributed by atoms with Gasteiger partial charge in [0.1, 0.15) is 12.2 Å². The number of aliphatic hydroxyl groups excluding tert-OH is 1. The van der Waals surface area contributed by atoms with Gasteiger partial charge in [-0.25, -0.2) is 0 Å². The van der Waals surface area contributed by atoms with Gasteiger partial charge in [-0.3, -0.25) is 9.59 Å². The predicted octanol–water partition coefficient (Wildman–Crippen LogP) is 7.25. The van der Waals surface area contributed by atoms with E-state index in [1.54, 1.807) is 0 Å². The summed E-state index contributed by atoms with van der Waals surface area (Å²) in [7, 11) is 0. The van der Waals surface area contributed by atoms with E-state index in [2.05, 4.69) is 41.2 Å². The first-order chi connectivity index (χ1) is 16.2. The summed E-state index contributed by atoms with van der Waals surface area (Å²) in [5.41, 5.74) is 1.20. The van der Waals surface area contributed by atoms with Crippen molar-refractivity contribution in [2.24, 2.45) is 23.7 Å². The lowest BCUT2D eigenvalue weighted by Gasteiger charge is -2.36. The first kappa shape index (κ1) is 32.6. The minimum absolute atomic E-state index is 0.0752. The molecule has 0 rings (SSSR count). The van der Waals surface area contributed by atoms with Gasteiger partial charge in [-0.2, -0.15) is 0 Å². The van der Waals surface area contributed by atoms with E-state index >= 15 is 0 Å². The van der Waals surface area contributed by atoms with Crippen molar-refractivity contribution in [3.05, 3.63) is 12.2 Å². The summed E-state index contributed by atoms with van der Waals surface area (Å²) >= 11 is 0. The molecular formula is C29H54O5. The Labute approximate surface area is 210 Å². The average molecular weight is 483 g/mol. The molecule has 0 spiro atoms. The van der Waals surface area contributed by atoms with Gasteiger partial charge in [-0.1, -0.05) is 79.9 Å². The van der Waals surface area contributed by atoms with Crippen LogP contribution in [0.4, 0.5) is 0 Å². The Hall–Kier alpha value is -1.36. The molecule has 4 unspecified atom stereocenters. The van der Waals surface area contributed by atoms with Crippen LogP contribution in [0.15, 0.2) is 12.2 Å². The van der Waals surface area contributed by atoms with Crippen molar-refractivity contribution in [2.75, 3.05) is 0 Å². The van der Waals surface area contributed by atoms with E-state index in [0.717, 1.165) is 51.4 Å². The van der Waals surface area contributed by atoms with Crippen LogP contribution in [0.1, 0.15) is 119 Å². The van der Waals surface area contributed by atoms with Gasteiger partial charge in [0, 0.05) is 6.42 Å². The molecule has 1 N–H and O–H groups in total. The summed E-state index contributed by atoms with van der Waals surface area (Å²) in [5, 5.41) is 10.1. The van der Waals surface area contributed by atoms with E-state index < -0.39 is 6.10 Å². The van der Waals surface area contributed by atoms with Crippen LogP contribution in [-0.4, -0.2) is 35.9 Å². The normalized spacial score (nSPS) is 17.6. The topological polar surface area (TPSA) is 72.8 Å². The van der Waals surface area contributed by atoms with Crippen molar-refractivity contribution >= 4 is 12.4 Å². The van der Waals surface area contributed by atoms with Crippen LogP contribution in [0.25, 0.3) is 0 Å². The van der Waals surface area contributed by atoms with Crippen LogP contribution in [0.5, 0.6) is 0 Å². The molecule has 0 aliphatic rings. The summed E-state index contributed by atoms with van der Waals surface area (Å²) in [6.07, 6.45) is 8.19. The fourth-order valence-corrected chi connectivity index (χ4v) is 4.92. The highest BCUT2D eigenvalue weighted by Crippen LogP contribution is 2.38. The number of rotatable bonds is 21. The Morgan fingerprint density at radius 3 is 2.06 bits per heavy atom. The Bertz CT molecular complexity index is 561. The summed E-state index contributed by atoms with van der Waals surface area (Å²) in [6, 6.07) is 0.